The van der Waals surface area contributed by atoms with Gasteiger partial charge in [-0.2, -0.15) is 0 Å². The number of amidine groups is 1. The van der Waals surface area contributed by atoms with Crippen LogP contribution in [0.5, 0.6) is 0 Å². The van der Waals surface area contributed by atoms with Crippen molar-refractivity contribution in [1.29, 1.82) is 0 Å². The van der Waals surface area contributed by atoms with Crippen molar-refractivity contribution in [2.75, 3.05) is 6.54 Å². The van der Waals surface area contributed by atoms with Crippen LogP contribution < -0.4 is 5.32 Å². The Kier molecular flexibility index (Phi) is 27.5. The highest BCUT2D eigenvalue weighted by Crippen LogP contribution is 2.22. The van der Waals surface area contributed by atoms with Crippen LogP contribution in [0.4, 0.5) is 0 Å². The molecule has 3 heteroatoms. The summed E-state index contributed by atoms with van der Waals surface area (Å²) in [6.07, 6.45) is 41.8. The van der Waals surface area contributed by atoms with E-state index in [-0.39, 0.29) is 0 Å². The minimum absolute atomic E-state index is 0.467. The number of hydrogen-bond acceptors (Lipinski definition) is 3. The number of aldehydes is 1. The second-order valence-corrected chi connectivity index (χ2v) is 13.1. The molecule has 2 atom stereocenters. The lowest BCUT2D eigenvalue weighted by molar-refractivity contribution is -0.108. The van der Waals surface area contributed by atoms with Crippen LogP contribution in [0.2, 0.25) is 0 Å². The van der Waals surface area contributed by atoms with Crippen LogP contribution in [0, 0.1) is 5.92 Å². The van der Waals surface area contributed by atoms with Gasteiger partial charge in [-0.05, 0) is 19.3 Å². The summed E-state index contributed by atoms with van der Waals surface area (Å²) < 4.78 is 0. The minimum atomic E-state index is 0.467. The van der Waals surface area contributed by atoms with Gasteiger partial charge >= 0.3 is 0 Å². The van der Waals surface area contributed by atoms with Crippen molar-refractivity contribution in [3.8, 4) is 0 Å². The maximum atomic E-state index is 11.1. The van der Waals surface area contributed by atoms with Gasteiger partial charge in [0.2, 0.25) is 0 Å². The Balaban J connectivity index is 2.00. The first kappa shape index (κ1) is 37.2. The van der Waals surface area contributed by atoms with Crippen molar-refractivity contribution >= 4 is 12.1 Å². The third-order valence-corrected chi connectivity index (χ3v) is 9.17. The lowest BCUT2D eigenvalue weighted by Crippen LogP contribution is -2.34. The molecular weight excluding hydrogens is 488 g/mol. The van der Waals surface area contributed by atoms with E-state index in [0.717, 1.165) is 19.3 Å². The van der Waals surface area contributed by atoms with Crippen molar-refractivity contribution < 1.29 is 4.79 Å². The number of rotatable bonds is 32. The molecule has 2 unspecified atom stereocenters. The molecule has 0 bridgehead atoms. The van der Waals surface area contributed by atoms with Crippen LogP contribution in [-0.2, 0) is 4.79 Å². The number of aliphatic imine (C=N–C) groups is 1. The SMILES string of the molecule is CCCCCCCCCCCCCCCCC1CN=C(C(CCC=O)CCCCCCCCCCCCCC)N1. The maximum absolute atomic E-state index is 11.1. The molecule has 1 N–H and O–H groups in total. The fourth-order valence-corrected chi connectivity index (χ4v) is 6.42. The van der Waals surface area contributed by atoms with Crippen LogP contribution in [0.1, 0.15) is 206 Å². The fraction of sp³-hybridized carbons (Fsp3) is 0.946. The van der Waals surface area contributed by atoms with Crippen molar-refractivity contribution in [3.05, 3.63) is 0 Å². The van der Waals surface area contributed by atoms with E-state index in [1.165, 1.54) is 186 Å². The summed E-state index contributed by atoms with van der Waals surface area (Å²) in [6, 6.07) is 0.535. The zero-order chi connectivity index (χ0) is 28.8. The predicted molar refractivity (Wildman–Crippen MR) is 179 cm³/mol. The van der Waals surface area contributed by atoms with E-state index in [4.69, 9.17) is 4.99 Å². The molecule has 0 aromatic heterocycles. The van der Waals surface area contributed by atoms with Crippen LogP contribution in [0.15, 0.2) is 4.99 Å². The Labute approximate surface area is 251 Å². The van der Waals surface area contributed by atoms with Gasteiger partial charge in [-0.1, -0.05) is 181 Å². The zero-order valence-corrected chi connectivity index (χ0v) is 27.5. The van der Waals surface area contributed by atoms with E-state index < -0.39 is 0 Å². The summed E-state index contributed by atoms with van der Waals surface area (Å²) in [7, 11) is 0. The average molecular weight is 561 g/mol. The molecule has 0 saturated heterocycles. The van der Waals surface area contributed by atoms with Gasteiger partial charge in [0, 0.05) is 18.4 Å². The number of nitrogens with zero attached hydrogens (tertiary/aromatic N) is 1. The zero-order valence-electron chi connectivity index (χ0n) is 27.5. The van der Waals surface area contributed by atoms with E-state index in [1.807, 2.05) is 0 Å². The Morgan fingerprint density at radius 1 is 0.600 bits per heavy atom. The molecule has 0 amide bonds. The molecule has 0 spiro atoms. The van der Waals surface area contributed by atoms with E-state index in [1.54, 1.807) is 0 Å². The molecule has 0 aromatic carbocycles. The average Bonchev–Trinajstić information content (AvgIpc) is 3.44. The summed E-state index contributed by atoms with van der Waals surface area (Å²) in [4.78, 5) is 16.0. The largest absolute Gasteiger partial charge is 0.369 e. The normalized spacial score (nSPS) is 15.8. The molecule has 1 heterocycles. The Morgan fingerprint density at radius 2 is 1.00 bits per heavy atom. The minimum Gasteiger partial charge on any atom is -0.369 e. The topological polar surface area (TPSA) is 41.5 Å². The van der Waals surface area contributed by atoms with Gasteiger partial charge in [0.1, 0.15) is 6.29 Å². The quantitative estimate of drug-likeness (QED) is 0.0656. The first-order chi connectivity index (χ1) is 19.8. The molecule has 40 heavy (non-hydrogen) atoms. The fourth-order valence-electron chi connectivity index (χ4n) is 6.42. The second kappa shape index (κ2) is 29.6. The molecular formula is C37H72N2O. The maximum Gasteiger partial charge on any atom is 0.120 e. The second-order valence-electron chi connectivity index (χ2n) is 13.1. The third kappa shape index (κ3) is 22.8. The molecule has 1 aliphatic rings. The highest BCUT2D eigenvalue weighted by Gasteiger charge is 2.23. The first-order valence-electron chi connectivity index (χ1n) is 18.6. The molecule has 0 aliphatic carbocycles. The molecule has 1 aliphatic heterocycles. The Bertz CT molecular complexity index is 560. The molecule has 0 radical (unpaired) electrons. The van der Waals surface area contributed by atoms with Crippen molar-refractivity contribution in [3.63, 3.8) is 0 Å². The van der Waals surface area contributed by atoms with E-state index >= 15 is 0 Å². The molecule has 236 valence electrons. The van der Waals surface area contributed by atoms with Gasteiger partial charge in [0.15, 0.2) is 0 Å². The standard InChI is InChI=1S/C37H72N2O/c1-3-5-7-9-11-13-15-17-18-20-22-24-26-28-32-36-34-38-37(39-36)35(31-29-33-40)30-27-25-23-21-19-16-14-12-10-8-6-4-2/h33,35-36H,3-32,34H2,1-2H3,(H,38,39). The van der Waals surface area contributed by atoms with Gasteiger partial charge in [-0.3, -0.25) is 4.99 Å². The van der Waals surface area contributed by atoms with Crippen molar-refractivity contribution in [1.82, 2.24) is 5.32 Å². The molecule has 0 fully saturated rings. The first-order valence-corrected chi connectivity index (χ1v) is 18.6. The summed E-state index contributed by atoms with van der Waals surface area (Å²) in [6.45, 7) is 5.54. The molecule has 3 nitrogen and oxygen atoms in total. The van der Waals surface area contributed by atoms with E-state index in [2.05, 4.69) is 19.2 Å². The molecule has 1 rings (SSSR count). The highest BCUT2D eigenvalue weighted by atomic mass is 16.1. The highest BCUT2D eigenvalue weighted by molar-refractivity contribution is 5.86. The smallest absolute Gasteiger partial charge is 0.120 e. The number of hydrogen-bond donors (Lipinski definition) is 1. The monoisotopic (exact) mass is 561 g/mol. The molecule has 0 aromatic rings. The van der Waals surface area contributed by atoms with Gasteiger partial charge in [-0.25, -0.2) is 0 Å². The lowest BCUT2D eigenvalue weighted by Gasteiger charge is -2.19. The summed E-state index contributed by atoms with van der Waals surface area (Å²) in [5, 5.41) is 3.77. The van der Waals surface area contributed by atoms with Crippen LogP contribution in [0.25, 0.3) is 0 Å². The number of nitrogens with one attached hydrogen (secondary N) is 1. The third-order valence-electron chi connectivity index (χ3n) is 9.17. The Morgan fingerprint density at radius 3 is 1.43 bits per heavy atom. The number of carbonyl (C=O) groups excluding carboxylic acids is 1. The van der Waals surface area contributed by atoms with E-state index in [9.17, 15) is 4.79 Å². The van der Waals surface area contributed by atoms with Gasteiger partial charge < -0.3 is 10.1 Å². The molecule has 0 saturated carbocycles. The van der Waals surface area contributed by atoms with Crippen LogP contribution >= 0.6 is 0 Å². The summed E-state index contributed by atoms with van der Waals surface area (Å²) in [5.74, 6) is 1.69. The number of unbranched alkanes of at least 4 members (excludes halogenated alkanes) is 24. The van der Waals surface area contributed by atoms with Gasteiger partial charge in [0.05, 0.1) is 12.4 Å². The van der Waals surface area contributed by atoms with Crippen molar-refractivity contribution in [2.45, 2.75) is 213 Å². The summed E-state index contributed by atoms with van der Waals surface area (Å²) >= 11 is 0. The van der Waals surface area contributed by atoms with Crippen LogP contribution in [0.3, 0.4) is 0 Å². The van der Waals surface area contributed by atoms with Gasteiger partial charge in [-0.15, -0.1) is 0 Å². The van der Waals surface area contributed by atoms with Crippen molar-refractivity contribution in [2.24, 2.45) is 10.9 Å². The van der Waals surface area contributed by atoms with E-state index in [0.29, 0.717) is 18.4 Å². The van der Waals surface area contributed by atoms with Crippen LogP contribution in [-0.4, -0.2) is 24.7 Å². The predicted octanol–water partition coefficient (Wildman–Crippen LogP) is 11.9. The van der Waals surface area contributed by atoms with Gasteiger partial charge in [0.25, 0.3) is 0 Å². The lowest BCUT2D eigenvalue weighted by atomic mass is 9.94. The summed E-state index contributed by atoms with van der Waals surface area (Å²) in [5.41, 5.74) is 0. The Hall–Kier alpha value is -0.860. The number of carbonyl (C=O) groups is 1.